The molecule has 1 aliphatic rings. The summed E-state index contributed by atoms with van der Waals surface area (Å²) in [5.41, 5.74) is 26.0. The van der Waals surface area contributed by atoms with E-state index in [4.69, 9.17) is 22.9 Å². The van der Waals surface area contributed by atoms with Crippen LogP contribution in [0, 0.1) is 11.8 Å². The minimum atomic E-state index is -0.702. The SMILES string of the molecule is CCCCCC(CC(=O)O)[C@@H]1CC[C@@H](c2ccc(N=C(N)N)cc2)[C@H](c2ccc(N=C(N)N)cc2)C1. The standard InChI is InChI=1S/C28H40N6O2/c1-2-3-4-5-20(17-26(35)36)21-10-15-24(18-6-11-22(12-7-18)33-27(29)30)25(16-21)19-8-13-23(14-9-19)34-28(31)32/h6-9,11-14,20-21,24-25H,2-5,10,15-17H2,1H3,(H,35,36)(H4,29,30,33)(H4,31,32,34)/t20?,21-,24+,25+/m1/s1. The number of hydrogen-bond donors (Lipinski definition) is 5. The van der Waals surface area contributed by atoms with Crippen LogP contribution < -0.4 is 22.9 Å². The number of nitrogens with zero attached hydrogens (tertiary/aromatic N) is 2. The Labute approximate surface area is 213 Å². The number of carboxylic acids is 1. The van der Waals surface area contributed by atoms with E-state index in [2.05, 4.69) is 41.2 Å². The zero-order valence-electron chi connectivity index (χ0n) is 21.1. The highest BCUT2D eigenvalue weighted by Gasteiger charge is 2.36. The van der Waals surface area contributed by atoms with Crippen LogP contribution in [0.5, 0.6) is 0 Å². The van der Waals surface area contributed by atoms with Crippen molar-refractivity contribution in [3.05, 3.63) is 59.7 Å². The number of rotatable bonds is 11. The van der Waals surface area contributed by atoms with Gasteiger partial charge in [-0.05, 0) is 84.7 Å². The zero-order chi connectivity index (χ0) is 26.1. The minimum absolute atomic E-state index is 0.0304. The number of nitrogens with two attached hydrogens (primary N) is 4. The van der Waals surface area contributed by atoms with E-state index in [9.17, 15) is 9.90 Å². The van der Waals surface area contributed by atoms with Crippen LogP contribution in [0.1, 0.15) is 81.3 Å². The number of carboxylic acid groups (broad SMARTS) is 1. The van der Waals surface area contributed by atoms with Crippen molar-refractivity contribution in [2.24, 2.45) is 44.8 Å². The van der Waals surface area contributed by atoms with Crippen molar-refractivity contribution < 1.29 is 9.90 Å². The molecular weight excluding hydrogens is 452 g/mol. The van der Waals surface area contributed by atoms with Crippen LogP contribution in [0.4, 0.5) is 11.4 Å². The largest absolute Gasteiger partial charge is 0.481 e. The Bertz CT molecular complexity index is 1040. The molecular formula is C28H40N6O2. The molecule has 0 amide bonds. The molecule has 4 atom stereocenters. The van der Waals surface area contributed by atoms with Gasteiger partial charge in [0.2, 0.25) is 0 Å². The van der Waals surface area contributed by atoms with Crippen molar-refractivity contribution in [2.45, 2.75) is 70.1 Å². The molecule has 0 spiro atoms. The van der Waals surface area contributed by atoms with Gasteiger partial charge >= 0.3 is 5.97 Å². The molecule has 194 valence electrons. The Hall–Kier alpha value is -3.55. The number of benzene rings is 2. The molecule has 1 fully saturated rings. The van der Waals surface area contributed by atoms with Gasteiger partial charge in [0, 0.05) is 6.42 Å². The van der Waals surface area contributed by atoms with Gasteiger partial charge in [-0.3, -0.25) is 4.79 Å². The Morgan fingerprint density at radius 1 is 0.861 bits per heavy atom. The van der Waals surface area contributed by atoms with E-state index in [1.165, 1.54) is 11.1 Å². The smallest absolute Gasteiger partial charge is 0.303 e. The lowest BCUT2D eigenvalue weighted by atomic mass is 9.64. The molecule has 8 heteroatoms. The van der Waals surface area contributed by atoms with E-state index in [1.807, 2.05) is 24.3 Å². The van der Waals surface area contributed by atoms with Gasteiger partial charge in [0.15, 0.2) is 11.9 Å². The van der Waals surface area contributed by atoms with E-state index in [0.717, 1.165) is 50.6 Å². The van der Waals surface area contributed by atoms with Gasteiger partial charge in [-0.25, -0.2) is 9.98 Å². The maximum Gasteiger partial charge on any atom is 0.303 e. The Morgan fingerprint density at radius 3 is 1.86 bits per heavy atom. The lowest BCUT2D eigenvalue weighted by Gasteiger charge is -2.40. The molecule has 1 saturated carbocycles. The van der Waals surface area contributed by atoms with Crippen molar-refractivity contribution in [3.8, 4) is 0 Å². The predicted molar refractivity (Wildman–Crippen MR) is 147 cm³/mol. The maximum atomic E-state index is 11.7. The Morgan fingerprint density at radius 2 is 1.39 bits per heavy atom. The average molecular weight is 493 g/mol. The highest BCUT2D eigenvalue weighted by atomic mass is 16.4. The molecule has 8 nitrogen and oxygen atoms in total. The summed E-state index contributed by atoms with van der Waals surface area (Å²) >= 11 is 0. The molecule has 1 unspecified atom stereocenters. The fourth-order valence-electron chi connectivity index (χ4n) is 5.67. The summed E-state index contributed by atoms with van der Waals surface area (Å²) in [5.74, 6) is 0.502. The third-order valence-corrected chi connectivity index (χ3v) is 7.33. The van der Waals surface area contributed by atoms with Crippen LogP contribution in [0.15, 0.2) is 58.5 Å². The lowest BCUT2D eigenvalue weighted by molar-refractivity contribution is -0.138. The monoisotopic (exact) mass is 492 g/mol. The summed E-state index contributed by atoms with van der Waals surface area (Å²) in [6, 6.07) is 16.2. The highest BCUT2D eigenvalue weighted by Crippen LogP contribution is 2.49. The first-order chi connectivity index (χ1) is 17.3. The van der Waals surface area contributed by atoms with Gasteiger partial charge in [-0.15, -0.1) is 0 Å². The number of unbranched alkanes of at least 4 members (excludes halogenated alkanes) is 2. The van der Waals surface area contributed by atoms with E-state index >= 15 is 0 Å². The summed E-state index contributed by atoms with van der Waals surface area (Å²) in [6.45, 7) is 2.18. The molecule has 0 saturated heterocycles. The van der Waals surface area contributed by atoms with Crippen LogP contribution >= 0.6 is 0 Å². The van der Waals surface area contributed by atoms with Gasteiger partial charge in [0.25, 0.3) is 0 Å². The van der Waals surface area contributed by atoms with Gasteiger partial charge < -0.3 is 28.0 Å². The van der Waals surface area contributed by atoms with E-state index in [-0.39, 0.29) is 30.2 Å². The molecule has 36 heavy (non-hydrogen) atoms. The molecule has 0 heterocycles. The first kappa shape index (κ1) is 27.0. The van der Waals surface area contributed by atoms with Crippen LogP contribution in [0.2, 0.25) is 0 Å². The third-order valence-electron chi connectivity index (χ3n) is 7.33. The van der Waals surface area contributed by atoms with E-state index < -0.39 is 5.97 Å². The summed E-state index contributed by atoms with van der Waals surface area (Å²) in [6.07, 6.45) is 7.53. The fourth-order valence-corrected chi connectivity index (χ4v) is 5.67. The predicted octanol–water partition coefficient (Wildman–Crippen LogP) is 4.84. The number of aliphatic carboxylic acids is 1. The highest BCUT2D eigenvalue weighted by molar-refractivity contribution is 5.79. The summed E-state index contributed by atoms with van der Waals surface area (Å²) < 4.78 is 0. The second-order valence-corrected chi connectivity index (χ2v) is 9.90. The molecule has 2 aromatic carbocycles. The summed E-state index contributed by atoms with van der Waals surface area (Å²) in [7, 11) is 0. The van der Waals surface area contributed by atoms with Crippen molar-refractivity contribution in [1.29, 1.82) is 0 Å². The molecule has 2 aromatic rings. The van der Waals surface area contributed by atoms with Crippen molar-refractivity contribution in [3.63, 3.8) is 0 Å². The first-order valence-electron chi connectivity index (χ1n) is 12.9. The second kappa shape index (κ2) is 13.0. The topological polar surface area (TPSA) is 166 Å². The molecule has 0 aromatic heterocycles. The van der Waals surface area contributed by atoms with Crippen LogP contribution in [-0.2, 0) is 4.79 Å². The van der Waals surface area contributed by atoms with Crippen molar-refractivity contribution >= 4 is 29.3 Å². The first-order valence-corrected chi connectivity index (χ1v) is 12.9. The Balaban J connectivity index is 1.90. The van der Waals surface area contributed by atoms with E-state index in [0.29, 0.717) is 17.5 Å². The lowest BCUT2D eigenvalue weighted by Crippen LogP contribution is -2.28. The number of carbonyl (C=O) groups is 1. The third kappa shape index (κ3) is 7.73. The quantitative estimate of drug-likeness (QED) is 0.171. The van der Waals surface area contributed by atoms with Crippen molar-refractivity contribution in [2.75, 3.05) is 0 Å². The molecule has 0 aliphatic heterocycles. The van der Waals surface area contributed by atoms with Crippen LogP contribution in [-0.4, -0.2) is 23.0 Å². The zero-order valence-corrected chi connectivity index (χ0v) is 21.1. The number of guanidine groups is 2. The summed E-state index contributed by atoms with van der Waals surface area (Å²) in [4.78, 5) is 20.0. The van der Waals surface area contributed by atoms with Crippen LogP contribution in [0.3, 0.4) is 0 Å². The molecule has 1 aliphatic carbocycles. The second-order valence-electron chi connectivity index (χ2n) is 9.90. The minimum Gasteiger partial charge on any atom is -0.481 e. The number of aliphatic imine (C=N–C) groups is 2. The van der Waals surface area contributed by atoms with Gasteiger partial charge in [0.05, 0.1) is 11.4 Å². The van der Waals surface area contributed by atoms with Gasteiger partial charge in [0.1, 0.15) is 0 Å². The van der Waals surface area contributed by atoms with Gasteiger partial charge in [-0.1, -0.05) is 50.5 Å². The normalized spacial score (nSPS) is 20.3. The van der Waals surface area contributed by atoms with E-state index in [1.54, 1.807) is 0 Å². The fraction of sp³-hybridized carbons (Fsp3) is 0.464. The molecule has 3 rings (SSSR count). The number of hydrogen-bond acceptors (Lipinski definition) is 3. The molecule has 0 radical (unpaired) electrons. The Kier molecular flexibility index (Phi) is 9.73. The van der Waals surface area contributed by atoms with Gasteiger partial charge in [-0.2, -0.15) is 0 Å². The maximum absolute atomic E-state index is 11.7. The van der Waals surface area contributed by atoms with Crippen LogP contribution in [0.25, 0.3) is 0 Å². The average Bonchev–Trinajstić information content (AvgIpc) is 2.83. The van der Waals surface area contributed by atoms with Crippen molar-refractivity contribution in [1.82, 2.24) is 0 Å². The molecule has 9 N–H and O–H groups in total. The summed E-state index contributed by atoms with van der Waals surface area (Å²) in [5, 5.41) is 9.61. The molecule has 0 bridgehead atoms.